The summed E-state index contributed by atoms with van der Waals surface area (Å²) in [4.78, 5) is 5.22. The fourth-order valence-corrected chi connectivity index (χ4v) is 3.58. The zero-order valence-corrected chi connectivity index (χ0v) is 10.7. The van der Waals surface area contributed by atoms with E-state index in [1.165, 1.54) is 31.1 Å². The highest BCUT2D eigenvalue weighted by molar-refractivity contribution is 8.00. The molecule has 0 aromatic rings. The number of piperazine rings is 1. The zero-order valence-electron chi connectivity index (χ0n) is 9.84. The third-order valence-electron chi connectivity index (χ3n) is 3.69. The maximum absolute atomic E-state index is 2.65. The Morgan fingerprint density at radius 2 is 1.79 bits per heavy atom. The molecule has 2 saturated heterocycles. The van der Waals surface area contributed by atoms with Crippen molar-refractivity contribution in [1.29, 1.82) is 0 Å². The van der Waals surface area contributed by atoms with Crippen LogP contribution >= 0.6 is 11.8 Å². The highest BCUT2D eigenvalue weighted by atomic mass is 32.2. The van der Waals surface area contributed by atoms with Crippen molar-refractivity contribution >= 4 is 11.8 Å². The van der Waals surface area contributed by atoms with E-state index in [4.69, 9.17) is 0 Å². The highest BCUT2D eigenvalue weighted by Gasteiger charge is 2.46. The maximum atomic E-state index is 2.65. The van der Waals surface area contributed by atoms with Gasteiger partial charge in [-0.1, -0.05) is 0 Å². The molecule has 3 heteroatoms. The number of nitrogens with zero attached hydrogens (tertiary/aromatic N) is 2. The van der Waals surface area contributed by atoms with Crippen LogP contribution in [-0.2, 0) is 0 Å². The molecule has 0 aromatic heterocycles. The Hall–Kier alpha value is 0.270. The maximum Gasteiger partial charge on any atom is 0.0514 e. The van der Waals surface area contributed by atoms with Crippen molar-refractivity contribution in [3.05, 3.63) is 0 Å². The molecule has 2 aliphatic heterocycles. The summed E-state index contributed by atoms with van der Waals surface area (Å²) in [5.74, 6) is 2.66. The molecule has 1 spiro atoms. The Bertz CT molecular complexity index is 218. The predicted octanol–water partition coefficient (Wildman–Crippen LogP) is 1.52. The van der Waals surface area contributed by atoms with Gasteiger partial charge in [0.25, 0.3) is 0 Å². The molecule has 0 atom stereocenters. The van der Waals surface area contributed by atoms with Crippen molar-refractivity contribution < 1.29 is 0 Å². The lowest BCUT2D eigenvalue weighted by Gasteiger charge is -2.56. The summed E-state index contributed by atoms with van der Waals surface area (Å²) < 4.78 is 0. The quantitative estimate of drug-likeness (QED) is 0.604. The zero-order chi connectivity index (χ0) is 10.4. The van der Waals surface area contributed by atoms with Crippen LogP contribution in [0, 0.1) is 0 Å². The molecule has 2 aliphatic rings. The van der Waals surface area contributed by atoms with Gasteiger partial charge in [0.15, 0.2) is 0 Å². The fourth-order valence-electron chi connectivity index (χ4n) is 2.28. The molecule has 82 valence electrons. The summed E-state index contributed by atoms with van der Waals surface area (Å²) >= 11 is 2.09. The third kappa shape index (κ3) is 1.70. The molecule has 0 bridgehead atoms. The Balaban J connectivity index is 2.06. The monoisotopic (exact) mass is 214 g/mol. The molecule has 2 fully saturated rings. The topological polar surface area (TPSA) is 6.48 Å². The molecule has 2 nitrogen and oxygen atoms in total. The first kappa shape index (κ1) is 10.8. The van der Waals surface area contributed by atoms with Crippen molar-refractivity contribution in [2.45, 2.75) is 31.8 Å². The first-order chi connectivity index (χ1) is 6.44. The van der Waals surface area contributed by atoms with Crippen molar-refractivity contribution in [3.63, 3.8) is 0 Å². The van der Waals surface area contributed by atoms with Gasteiger partial charge in [0.05, 0.1) is 5.54 Å². The van der Waals surface area contributed by atoms with E-state index in [1.807, 2.05) is 0 Å². The van der Waals surface area contributed by atoms with Gasteiger partial charge in [-0.2, -0.15) is 11.8 Å². The van der Waals surface area contributed by atoms with Crippen molar-refractivity contribution in [2.75, 3.05) is 38.2 Å². The molecule has 2 heterocycles. The smallest absolute Gasteiger partial charge is 0.0514 e. The fraction of sp³-hybridized carbons (Fsp3) is 1.00. The summed E-state index contributed by atoms with van der Waals surface area (Å²) in [5.41, 5.74) is 0.852. The van der Waals surface area contributed by atoms with Gasteiger partial charge in [-0.05, 0) is 27.8 Å². The molecule has 14 heavy (non-hydrogen) atoms. The molecule has 0 radical (unpaired) electrons. The second-order valence-corrected chi connectivity index (χ2v) is 6.72. The van der Waals surface area contributed by atoms with E-state index in [-0.39, 0.29) is 0 Å². The van der Waals surface area contributed by atoms with Crippen LogP contribution in [0.25, 0.3) is 0 Å². The normalized spacial score (nSPS) is 29.1. The van der Waals surface area contributed by atoms with Gasteiger partial charge in [0, 0.05) is 36.7 Å². The molecular formula is C11H22N2S. The predicted molar refractivity (Wildman–Crippen MR) is 64.0 cm³/mol. The van der Waals surface area contributed by atoms with Gasteiger partial charge < -0.3 is 0 Å². The van der Waals surface area contributed by atoms with E-state index in [0.29, 0.717) is 11.1 Å². The van der Waals surface area contributed by atoms with Crippen LogP contribution in [-0.4, -0.2) is 59.1 Å². The van der Waals surface area contributed by atoms with E-state index >= 15 is 0 Å². The Labute approximate surface area is 92.0 Å². The van der Waals surface area contributed by atoms with E-state index in [2.05, 4.69) is 49.4 Å². The number of hydrogen-bond donors (Lipinski definition) is 0. The molecule has 0 aromatic carbocycles. The summed E-state index contributed by atoms with van der Waals surface area (Å²) in [7, 11) is 2.29. The lowest BCUT2D eigenvalue weighted by Crippen LogP contribution is -2.69. The number of likely N-dealkylation sites (N-methyl/N-ethyl adjacent to an activating group) is 1. The second kappa shape index (κ2) is 3.39. The average Bonchev–Trinajstić information content (AvgIpc) is 2.00. The van der Waals surface area contributed by atoms with Crippen LogP contribution in [0.4, 0.5) is 0 Å². The molecule has 2 rings (SSSR count). The van der Waals surface area contributed by atoms with Crippen LogP contribution in [0.1, 0.15) is 20.8 Å². The first-order valence-corrected chi connectivity index (χ1v) is 6.64. The minimum atomic E-state index is 0.342. The minimum Gasteiger partial charge on any atom is -0.297 e. The summed E-state index contributed by atoms with van der Waals surface area (Å²) in [6.45, 7) is 10.7. The van der Waals surface area contributed by atoms with E-state index in [1.54, 1.807) is 0 Å². The highest BCUT2D eigenvalue weighted by Crippen LogP contribution is 2.38. The van der Waals surface area contributed by atoms with Gasteiger partial charge in [-0.25, -0.2) is 0 Å². The van der Waals surface area contributed by atoms with Gasteiger partial charge in [0.2, 0.25) is 0 Å². The summed E-state index contributed by atoms with van der Waals surface area (Å²) in [6.07, 6.45) is 0. The van der Waals surface area contributed by atoms with E-state index in [9.17, 15) is 0 Å². The van der Waals surface area contributed by atoms with Gasteiger partial charge in [-0.3, -0.25) is 9.80 Å². The average molecular weight is 214 g/mol. The SMILES string of the molecule is CN1CCN(C(C)(C)C)CC12CSC2. The van der Waals surface area contributed by atoms with E-state index < -0.39 is 0 Å². The first-order valence-electron chi connectivity index (χ1n) is 5.48. The minimum absolute atomic E-state index is 0.342. The number of rotatable bonds is 0. The van der Waals surface area contributed by atoms with E-state index in [0.717, 1.165) is 0 Å². The summed E-state index contributed by atoms with van der Waals surface area (Å²) in [5, 5.41) is 0. The molecule has 0 aliphatic carbocycles. The van der Waals surface area contributed by atoms with Crippen LogP contribution in [0.2, 0.25) is 0 Å². The van der Waals surface area contributed by atoms with Crippen LogP contribution in [0.15, 0.2) is 0 Å². The largest absolute Gasteiger partial charge is 0.297 e. The molecule has 0 amide bonds. The van der Waals surface area contributed by atoms with Crippen molar-refractivity contribution in [1.82, 2.24) is 9.80 Å². The molecule has 0 saturated carbocycles. The Morgan fingerprint density at radius 3 is 2.21 bits per heavy atom. The summed E-state index contributed by atoms with van der Waals surface area (Å²) in [6, 6.07) is 0. The second-order valence-electron chi connectivity index (χ2n) is 5.73. The number of hydrogen-bond acceptors (Lipinski definition) is 3. The van der Waals surface area contributed by atoms with Gasteiger partial charge in [0.1, 0.15) is 0 Å². The lowest BCUT2D eigenvalue weighted by atomic mass is 9.94. The molecular weight excluding hydrogens is 192 g/mol. The van der Waals surface area contributed by atoms with Gasteiger partial charge >= 0.3 is 0 Å². The Morgan fingerprint density at radius 1 is 1.14 bits per heavy atom. The molecule has 0 N–H and O–H groups in total. The van der Waals surface area contributed by atoms with Gasteiger partial charge in [-0.15, -0.1) is 0 Å². The Kier molecular flexibility index (Phi) is 2.61. The number of thioether (sulfide) groups is 1. The molecule has 0 unspecified atom stereocenters. The standard InChI is InChI=1S/C11H22N2S/c1-10(2,3)13-6-5-12(4)11(7-13)8-14-9-11/h5-9H2,1-4H3. The third-order valence-corrected chi connectivity index (χ3v) is 5.17. The van der Waals surface area contributed by atoms with Crippen molar-refractivity contribution in [2.24, 2.45) is 0 Å². The van der Waals surface area contributed by atoms with Crippen LogP contribution in [0.5, 0.6) is 0 Å². The van der Waals surface area contributed by atoms with Crippen LogP contribution < -0.4 is 0 Å². The lowest BCUT2D eigenvalue weighted by molar-refractivity contribution is -0.00601. The van der Waals surface area contributed by atoms with Crippen molar-refractivity contribution in [3.8, 4) is 0 Å². The van der Waals surface area contributed by atoms with Crippen LogP contribution in [0.3, 0.4) is 0 Å².